The van der Waals surface area contributed by atoms with E-state index in [-0.39, 0.29) is 19.0 Å². The van der Waals surface area contributed by atoms with E-state index in [1.807, 2.05) is 0 Å². The number of alkyl halides is 5. The van der Waals surface area contributed by atoms with E-state index >= 15 is 0 Å². The molecule has 0 unspecified atom stereocenters. The lowest BCUT2D eigenvalue weighted by Crippen LogP contribution is -2.16. The van der Waals surface area contributed by atoms with Gasteiger partial charge < -0.3 is 15.8 Å². The zero-order valence-corrected chi connectivity index (χ0v) is 9.55. The molecule has 1 aromatic heterocycles. The number of ether oxygens (including phenoxy) is 1. The van der Waals surface area contributed by atoms with Crippen LogP contribution in [0.5, 0.6) is 0 Å². The van der Waals surface area contributed by atoms with E-state index in [0.717, 1.165) is 0 Å². The summed E-state index contributed by atoms with van der Waals surface area (Å²) in [4.78, 5) is 6.58. The number of hydrogen-bond acceptors (Lipinski definition) is 5. The van der Waals surface area contributed by atoms with Gasteiger partial charge in [0.1, 0.15) is 12.4 Å². The molecule has 108 valence electrons. The molecule has 5 nitrogen and oxygen atoms in total. The Kier molecular flexibility index (Phi) is 5.21. The molecule has 19 heavy (non-hydrogen) atoms. The van der Waals surface area contributed by atoms with Crippen LogP contribution in [0.4, 0.5) is 33.7 Å². The highest BCUT2D eigenvalue weighted by Gasteiger charge is 2.33. The molecule has 0 atom stereocenters. The van der Waals surface area contributed by atoms with Crippen molar-refractivity contribution >= 4 is 11.8 Å². The first-order valence-corrected chi connectivity index (χ1v) is 5.10. The van der Waals surface area contributed by atoms with Gasteiger partial charge in [0, 0.05) is 12.6 Å². The molecule has 1 heterocycles. The molecule has 0 amide bonds. The Labute approximate surface area is 105 Å². The monoisotopic (exact) mass is 286 g/mol. The van der Waals surface area contributed by atoms with Gasteiger partial charge >= 0.3 is 6.18 Å². The number of aromatic nitrogens is 2. The summed E-state index contributed by atoms with van der Waals surface area (Å²) in [5.74, 6) is -0.689. The van der Waals surface area contributed by atoms with E-state index in [0.29, 0.717) is 6.07 Å². The van der Waals surface area contributed by atoms with Gasteiger partial charge in [0.2, 0.25) is 5.95 Å². The highest BCUT2D eigenvalue weighted by atomic mass is 19.4. The third kappa shape index (κ3) is 5.64. The lowest BCUT2D eigenvalue weighted by Gasteiger charge is -2.10. The van der Waals surface area contributed by atoms with Gasteiger partial charge in [-0.25, -0.2) is 13.8 Å². The van der Waals surface area contributed by atoms with Crippen LogP contribution in [-0.4, -0.2) is 36.2 Å². The standard InChI is InChI=1S/C9H11F5N4O/c10-6(11)4-19-2-1-16-7-3-5(9(12,13)14)17-8(15)18-7/h3,6H,1-2,4H2,(H3,15,16,17,18). The number of anilines is 2. The Balaban J connectivity index is 2.52. The maximum Gasteiger partial charge on any atom is 0.433 e. The second-order valence-electron chi connectivity index (χ2n) is 3.39. The Bertz CT molecular complexity index is 412. The Morgan fingerprint density at radius 1 is 1.32 bits per heavy atom. The molecule has 1 rings (SSSR count). The summed E-state index contributed by atoms with van der Waals surface area (Å²) in [6, 6.07) is 0.670. The molecule has 0 fully saturated rings. The van der Waals surface area contributed by atoms with Gasteiger partial charge in [0.25, 0.3) is 6.43 Å². The Morgan fingerprint density at radius 2 is 2.00 bits per heavy atom. The zero-order valence-electron chi connectivity index (χ0n) is 9.55. The number of nitrogens with zero attached hydrogens (tertiary/aromatic N) is 2. The van der Waals surface area contributed by atoms with E-state index < -0.39 is 30.9 Å². The summed E-state index contributed by atoms with van der Waals surface area (Å²) in [7, 11) is 0. The molecule has 3 N–H and O–H groups in total. The minimum Gasteiger partial charge on any atom is -0.374 e. The van der Waals surface area contributed by atoms with E-state index in [1.54, 1.807) is 0 Å². The van der Waals surface area contributed by atoms with Gasteiger partial charge in [-0.2, -0.15) is 18.2 Å². The molecule has 0 aliphatic heterocycles. The molecule has 0 radical (unpaired) electrons. The van der Waals surface area contributed by atoms with Crippen molar-refractivity contribution in [1.82, 2.24) is 9.97 Å². The summed E-state index contributed by atoms with van der Waals surface area (Å²) in [6.45, 7) is -0.822. The summed E-state index contributed by atoms with van der Waals surface area (Å²) in [5, 5.41) is 2.47. The first kappa shape index (κ1) is 15.3. The van der Waals surface area contributed by atoms with E-state index in [4.69, 9.17) is 5.73 Å². The summed E-state index contributed by atoms with van der Waals surface area (Å²) < 4.78 is 65.2. The van der Waals surface area contributed by atoms with Crippen LogP contribution in [0.25, 0.3) is 0 Å². The first-order chi connectivity index (χ1) is 8.79. The third-order valence-corrected chi connectivity index (χ3v) is 1.83. The summed E-state index contributed by atoms with van der Waals surface area (Å²) in [5.41, 5.74) is 3.95. The van der Waals surface area contributed by atoms with Crippen molar-refractivity contribution in [2.45, 2.75) is 12.6 Å². The number of nitrogens with one attached hydrogen (secondary N) is 1. The molecule has 0 aliphatic carbocycles. The third-order valence-electron chi connectivity index (χ3n) is 1.83. The van der Waals surface area contributed by atoms with Crippen molar-refractivity contribution in [2.75, 3.05) is 30.8 Å². The number of nitrogen functional groups attached to an aromatic ring is 1. The predicted octanol–water partition coefficient (Wildman–Crippen LogP) is 1.77. The van der Waals surface area contributed by atoms with Crippen molar-refractivity contribution in [3.63, 3.8) is 0 Å². The van der Waals surface area contributed by atoms with E-state index in [1.165, 1.54) is 0 Å². The molecular formula is C9H11F5N4O. The van der Waals surface area contributed by atoms with Crippen molar-refractivity contribution in [2.24, 2.45) is 0 Å². The van der Waals surface area contributed by atoms with Crippen LogP contribution in [0.3, 0.4) is 0 Å². The smallest absolute Gasteiger partial charge is 0.374 e. The SMILES string of the molecule is Nc1nc(NCCOCC(F)F)cc(C(F)(F)F)n1. The fourth-order valence-electron chi connectivity index (χ4n) is 1.13. The van der Waals surface area contributed by atoms with Crippen LogP contribution in [0.2, 0.25) is 0 Å². The molecule has 0 aromatic carbocycles. The molecule has 0 spiro atoms. The van der Waals surface area contributed by atoms with Gasteiger partial charge in [-0.15, -0.1) is 0 Å². The van der Waals surface area contributed by atoms with Crippen molar-refractivity contribution < 1.29 is 26.7 Å². The van der Waals surface area contributed by atoms with Crippen LogP contribution in [0.15, 0.2) is 6.07 Å². The summed E-state index contributed by atoms with van der Waals surface area (Å²) >= 11 is 0. The number of rotatable bonds is 6. The largest absolute Gasteiger partial charge is 0.433 e. The fourth-order valence-corrected chi connectivity index (χ4v) is 1.13. The van der Waals surface area contributed by atoms with Crippen molar-refractivity contribution in [3.8, 4) is 0 Å². The lowest BCUT2D eigenvalue weighted by molar-refractivity contribution is -0.141. The zero-order chi connectivity index (χ0) is 14.5. The second-order valence-corrected chi connectivity index (χ2v) is 3.39. The highest BCUT2D eigenvalue weighted by molar-refractivity contribution is 5.41. The minimum atomic E-state index is -4.64. The Hall–Kier alpha value is -1.71. The van der Waals surface area contributed by atoms with Gasteiger partial charge in [-0.3, -0.25) is 0 Å². The molecule has 0 bridgehead atoms. The van der Waals surface area contributed by atoms with Crippen LogP contribution < -0.4 is 11.1 Å². The molecule has 0 saturated carbocycles. The van der Waals surface area contributed by atoms with Crippen LogP contribution in [0, 0.1) is 0 Å². The first-order valence-electron chi connectivity index (χ1n) is 5.10. The molecule has 0 aliphatic rings. The maximum atomic E-state index is 12.4. The fraction of sp³-hybridized carbons (Fsp3) is 0.556. The molecular weight excluding hydrogens is 275 g/mol. The van der Waals surface area contributed by atoms with Crippen LogP contribution in [-0.2, 0) is 10.9 Å². The number of nitrogens with two attached hydrogens (primary N) is 1. The van der Waals surface area contributed by atoms with E-state index in [9.17, 15) is 22.0 Å². The Morgan fingerprint density at radius 3 is 2.58 bits per heavy atom. The van der Waals surface area contributed by atoms with Crippen molar-refractivity contribution in [3.05, 3.63) is 11.8 Å². The lowest BCUT2D eigenvalue weighted by atomic mass is 10.4. The predicted molar refractivity (Wildman–Crippen MR) is 56.8 cm³/mol. The second kappa shape index (κ2) is 6.45. The normalized spacial score (nSPS) is 11.9. The van der Waals surface area contributed by atoms with Gasteiger partial charge in [-0.1, -0.05) is 0 Å². The molecule has 1 aromatic rings. The highest BCUT2D eigenvalue weighted by Crippen LogP contribution is 2.29. The van der Waals surface area contributed by atoms with E-state index in [2.05, 4.69) is 20.0 Å². The number of hydrogen-bond donors (Lipinski definition) is 2. The van der Waals surface area contributed by atoms with Crippen LogP contribution >= 0.6 is 0 Å². The quantitative estimate of drug-likeness (QED) is 0.616. The average molecular weight is 286 g/mol. The number of halogens is 5. The van der Waals surface area contributed by atoms with Crippen LogP contribution in [0.1, 0.15) is 5.69 Å². The van der Waals surface area contributed by atoms with Gasteiger partial charge in [-0.05, 0) is 0 Å². The topological polar surface area (TPSA) is 73.1 Å². The maximum absolute atomic E-state index is 12.4. The minimum absolute atomic E-state index is 0.0144. The van der Waals surface area contributed by atoms with Crippen molar-refractivity contribution in [1.29, 1.82) is 0 Å². The van der Waals surface area contributed by atoms with Gasteiger partial charge in [0.15, 0.2) is 5.69 Å². The average Bonchev–Trinajstić information content (AvgIpc) is 2.26. The van der Waals surface area contributed by atoms with Gasteiger partial charge in [0.05, 0.1) is 6.61 Å². The summed E-state index contributed by atoms with van der Waals surface area (Å²) in [6.07, 6.45) is -7.23. The molecule has 10 heteroatoms. The molecule has 0 saturated heterocycles.